The van der Waals surface area contributed by atoms with Gasteiger partial charge in [-0.25, -0.2) is 0 Å². The molecule has 0 spiro atoms. The second kappa shape index (κ2) is 8.12. The van der Waals surface area contributed by atoms with E-state index in [0.29, 0.717) is 0 Å². The zero-order chi connectivity index (χ0) is 10.9. The van der Waals surface area contributed by atoms with Gasteiger partial charge in [0.05, 0.1) is 0 Å². The van der Waals surface area contributed by atoms with Crippen LogP contribution in [0.25, 0.3) is 0 Å². The van der Waals surface area contributed by atoms with Crippen molar-refractivity contribution in [2.45, 2.75) is 45.4 Å². The van der Waals surface area contributed by atoms with E-state index in [2.05, 4.69) is 12.2 Å². The van der Waals surface area contributed by atoms with Crippen LogP contribution in [0, 0.1) is 11.8 Å². The maximum Gasteiger partial charge on any atom is 0.0491 e. The van der Waals surface area contributed by atoms with Crippen LogP contribution in [0.2, 0.25) is 0 Å². The number of hydrogen-bond donors (Lipinski definition) is 1. The zero-order valence-corrected chi connectivity index (χ0v) is 10.4. The molecule has 0 amide bonds. The molecule has 0 radical (unpaired) electrons. The van der Waals surface area contributed by atoms with Gasteiger partial charge in [-0.3, -0.25) is 0 Å². The van der Waals surface area contributed by atoms with E-state index in [-0.39, 0.29) is 0 Å². The van der Waals surface area contributed by atoms with Crippen LogP contribution in [-0.2, 0) is 4.74 Å². The van der Waals surface area contributed by atoms with Gasteiger partial charge < -0.3 is 10.1 Å². The molecule has 1 saturated heterocycles. The quantitative estimate of drug-likeness (QED) is 0.761. The molecule has 1 N–H and O–H groups in total. The molecule has 90 valence electrons. The van der Waals surface area contributed by atoms with Gasteiger partial charge in [0, 0.05) is 13.7 Å². The van der Waals surface area contributed by atoms with E-state index in [1.807, 2.05) is 0 Å². The van der Waals surface area contributed by atoms with Gasteiger partial charge in [-0.1, -0.05) is 32.6 Å². The van der Waals surface area contributed by atoms with Crippen LogP contribution in [0.1, 0.15) is 45.4 Å². The Morgan fingerprint density at radius 2 is 1.67 bits per heavy atom. The summed E-state index contributed by atoms with van der Waals surface area (Å²) in [4.78, 5) is 0. The Bertz CT molecular complexity index is 135. The van der Waals surface area contributed by atoms with Crippen molar-refractivity contribution in [3.05, 3.63) is 0 Å². The Hall–Kier alpha value is -0.0800. The molecule has 2 aliphatic rings. The molecule has 0 atom stereocenters. The lowest BCUT2D eigenvalue weighted by atomic mass is 10.00. The molecule has 1 aliphatic carbocycles. The molecule has 15 heavy (non-hydrogen) atoms. The van der Waals surface area contributed by atoms with Gasteiger partial charge in [0.2, 0.25) is 0 Å². The summed E-state index contributed by atoms with van der Waals surface area (Å²) >= 11 is 0. The molecule has 0 aromatic rings. The molecular formula is C13H27NO. The third-order valence-electron chi connectivity index (χ3n) is 3.50. The highest BCUT2D eigenvalue weighted by molar-refractivity contribution is 4.67. The van der Waals surface area contributed by atoms with E-state index < -0.39 is 0 Å². The molecule has 0 unspecified atom stereocenters. The summed E-state index contributed by atoms with van der Waals surface area (Å²) in [6.07, 6.45) is 8.52. The van der Waals surface area contributed by atoms with Crippen LogP contribution in [-0.4, -0.2) is 26.8 Å². The van der Waals surface area contributed by atoms with Crippen LogP contribution in [0.15, 0.2) is 0 Å². The van der Waals surface area contributed by atoms with Crippen molar-refractivity contribution in [3.63, 3.8) is 0 Å². The van der Waals surface area contributed by atoms with Crippen molar-refractivity contribution in [1.82, 2.24) is 5.32 Å². The van der Waals surface area contributed by atoms with Crippen LogP contribution in [0.4, 0.5) is 0 Å². The normalized spacial score (nSPS) is 23.6. The molecule has 1 aliphatic heterocycles. The minimum atomic E-state index is 0.816. The summed E-state index contributed by atoms with van der Waals surface area (Å²) in [6, 6.07) is 0. The van der Waals surface area contributed by atoms with E-state index in [0.717, 1.165) is 18.4 Å². The van der Waals surface area contributed by atoms with Crippen molar-refractivity contribution in [1.29, 1.82) is 0 Å². The molecule has 2 fully saturated rings. The summed E-state index contributed by atoms with van der Waals surface area (Å²) in [5, 5.41) is 3.32. The molecule has 1 heterocycles. The van der Waals surface area contributed by atoms with E-state index in [1.165, 1.54) is 51.6 Å². The number of rotatable bonds is 2. The maximum atomic E-state index is 5.05. The average molecular weight is 213 g/mol. The van der Waals surface area contributed by atoms with E-state index in [4.69, 9.17) is 4.74 Å². The smallest absolute Gasteiger partial charge is 0.0491 e. The van der Waals surface area contributed by atoms with Crippen molar-refractivity contribution in [2.75, 3.05) is 26.8 Å². The van der Waals surface area contributed by atoms with Crippen LogP contribution >= 0.6 is 0 Å². The first-order valence-electron chi connectivity index (χ1n) is 6.52. The van der Waals surface area contributed by atoms with Crippen LogP contribution in [0.5, 0.6) is 0 Å². The van der Waals surface area contributed by atoms with Gasteiger partial charge in [-0.15, -0.1) is 0 Å². The highest BCUT2D eigenvalue weighted by Crippen LogP contribution is 2.22. The largest absolute Gasteiger partial charge is 0.384 e. The lowest BCUT2D eigenvalue weighted by molar-refractivity contribution is 0.135. The molecular weight excluding hydrogens is 186 g/mol. The second-order valence-corrected chi connectivity index (χ2v) is 5.04. The van der Waals surface area contributed by atoms with E-state index in [1.54, 1.807) is 7.11 Å². The summed E-state index contributed by atoms with van der Waals surface area (Å²) in [5.41, 5.74) is 0. The third-order valence-corrected chi connectivity index (χ3v) is 3.50. The Morgan fingerprint density at radius 1 is 1.07 bits per heavy atom. The number of methoxy groups -OCH3 is 1. The molecule has 0 aromatic heterocycles. The van der Waals surface area contributed by atoms with Crippen molar-refractivity contribution >= 4 is 0 Å². The minimum Gasteiger partial charge on any atom is -0.384 e. The van der Waals surface area contributed by atoms with Gasteiger partial charge in [0.15, 0.2) is 0 Å². The number of ether oxygens (including phenoxy) is 1. The zero-order valence-electron chi connectivity index (χ0n) is 10.4. The molecule has 2 rings (SSSR count). The highest BCUT2D eigenvalue weighted by Gasteiger charge is 2.11. The minimum absolute atomic E-state index is 0.816. The molecule has 0 aromatic carbocycles. The predicted molar refractivity (Wildman–Crippen MR) is 65.1 cm³/mol. The standard InChI is InChI=1S/C7H15NO.C6H12/c1-9-6-7-2-4-8-5-3-7;1-6-4-2-3-5-6/h7-8H,2-6H2,1H3;6H,2-5H2,1H3. The SMILES string of the molecule is CC1CCCC1.COCC1CCNCC1. The first-order valence-corrected chi connectivity index (χ1v) is 6.52. The monoisotopic (exact) mass is 213 g/mol. The fraction of sp³-hybridized carbons (Fsp3) is 1.00. The summed E-state index contributed by atoms with van der Waals surface area (Å²) in [7, 11) is 1.78. The summed E-state index contributed by atoms with van der Waals surface area (Å²) < 4.78 is 5.05. The average Bonchev–Trinajstić information content (AvgIpc) is 2.72. The number of hydrogen-bond acceptors (Lipinski definition) is 2. The molecule has 2 nitrogen and oxygen atoms in total. The Morgan fingerprint density at radius 3 is 2.07 bits per heavy atom. The summed E-state index contributed by atoms with van der Waals surface area (Å²) in [5.74, 6) is 1.86. The molecule has 1 saturated carbocycles. The van der Waals surface area contributed by atoms with Crippen LogP contribution < -0.4 is 5.32 Å². The van der Waals surface area contributed by atoms with E-state index >= 15 is 0 Å². The molecule has 2 heteroatoms. The van der Waals surface area contributed by atoms with Crippen LogP contribution in [0.3, 0.4) is 0 Å². The van der Waals surface area contributed by atoms with Gasteiger partial charge in [0.1, 0.15) is 0 Å². The van der Waals surface area contributed by atoms with Gasteiger partial charge in [-0.05, 0) is 37.8 Å². The Labute approximate surface area is 94.8 Å². The predicted octanol–water partition coefficient (Wildman–Crippen LogP) is 2.83. The lowest BCUT2D eigenvalue weighted by Crippen LogP contribution is -2.29. The Kier molecular flexibility index (Phi) is 7.03. The maximum absolute atomic E-state index is 5.05. The fourth-order valence-corrected chi connectivity index (χ4v) is 2.41. The van der Waals surface area contributed by atoms with Gasteiger partial charge in [-0.2, -0.15) is 0 Å². The lowest BCUT2D eigenvalue weighted by Gasteiger charge is -2.21. The van der Waals surface area contributed by atoms with Crippen molar-refractivity contribution < 1.29 is 4.74 Å². The topological polar surface area (TPSA) is 21.3 Å². The van der Waals surface area contributed by atoms with E-state index in [9.17, 15) is 0 Å². The van der Waals surface area contributed by atoms with Gasteiger partial charge in [0.25, 0.3) is 0 Å². The number of piperidine rings is 1. The van der Waals surface area contributed by atoms with Crippen molar-refractivity contribution in [2.24, 2.45) is 11.8 Å². The van der Waals surface area contributed by atoms with Gasteiger partial charge >= 0.3 is 0 Å². The molecule has 0 bridgehead atoms. The van der Waals surface area contributed by atoms with Crippen molar-refractivity contribution in [3.8, 4) is 0 Å². The second-order valence-electron chi connectivity index (χ2n) is 5.04. The number of nitrogens with one attached hydrogen (secondary N) is 1. The Balaban J connectivity index is 0.000000162. The summed E-state index contributed by atoms with van der Waals surface area (Å²) in [6.45, 7) is 5.64. The highest BCUT2D eigenvalue weighted by atomic mass is 16.5. The third kappa shape index (κ3) is 6.16. The fourth-order valence-electron chi connectivity index (χ4n) is 2.41. The first kappa shape index (κ1) is 13.0. The first-order chi connectivity index (χ1) is 7.33.